The molecule has 4 nitrogen and oxygen atoms in total. The molecule has 7 heteroatoms. The number of hydrogen-bond acceptors (Lipinski definition) is 3. The minimum Gasteiger partial charge on any atom is -0.398 e. The first-order valence-electron chi connectivity index (χ1n) is 5.68. The molecule has 0 amide bonds. The molecule has 0 aliphatic heterocycles. The van der Waals surface area contributed by atoms with E-state index in [9.17, 15) is 8.42 Å². The lowest BCUT2D eigenvalue weighted by Crippen LogP contribution is -2.24. The Balaban J connectivity index is 2.24. The molecule has 0 saturated carbocycles. The fourth-order valence-corrected chi connectivity index (χ4v) is 3.40. The quantitative estimate of drug-likeness (QED) is 0.846. The average molecular weight is 331 g/mol. The standard InChI is InChI=1S/C13H12Cl2N2O2S/c14-10-5-6-11(15)13(7-10)20(18,19)17-8-9-3-1-2-4-12(9)16/h1-7,17H,8,16H2. The molecule has 0 heterocycles. The predicted octanol–water partition coefficient (Wildman–Crippen LogP) is 3.05. The molecule has 3 N–H and O–H groups in total. The van der Waals surface area contributed by atoms with Crippen LogP contribution in [0.1, 0.15) is 5.56 Å². The molecule has 0 aromatic heterocycles. The summed E-state index contributed by atoms with van der Waals surface area (Å²) in [6.07, 6.45) is 0. The van der Waals surface area contributed by atoms with Crippen LogP contribution in [0.2, 0.25) is 10.0 Å². The zero-order chi connectivity index (χ0) is 14.8. The zero-order valence-corrected chi connectivity index (χ0v) is 12.6. The molecular formula is C13H12Cl2N2O2S. The van der Waals surface area contributed by atoms with E-state index in [1.165, 1.54) is 18.2 Å². The minimum absolute atomic E-state index is 0.0545. The van der Waals surface area contributed by atoms with Gasteiger partial charge in [0, 0.05) is 17.3 Å². The van der Waals surface area contributed by atoms with Crippen LogP contribution < -0.4 is 10.5 Å². The Kier molecular flexibility index (Phi) is 4.55. The van der Waals surface area contributed by atoms with Gasteiger partial charge in [-0.05, 0) is 29.8 Å². The van der Waals surface area contributed by atoms with E-state index in [1.807, 2.05) is 0 Å². The van der Waals surface area contributed by atoms with Crippen LogP contribution in [0.3, 0.4) is 0 Å². The van der Waals surface area contributed by atoms with E-state index in [4.69, 9.17) is 28.9 Å². The summed E-state index contributed by atoms with van der Waals surface area (Å²) < 4.78 is 26.8. The number of nitrogen functional groups attached to an aromatic ring is 1. The van der Waals surface area contributed by atoms with Crippen molar-refractivity contribution in [2.24, 2.45) is 0 Å². The van der Waals surface area contributed by atoms with Crippen LogP contribution in [0, 0.1) is 0 Å². The van der Waals surface area contributed by atoms with Gasteiger partial charge in [0.25, 0.3) is 0 Å². The van der Waals surface area contributed by atoms with Crippen molar-refractivity contribution in [2.45, 2.75) is 11.4 Å². The minimum atomic E-state index is -3.75. The lowest BCUT2D eigenvalue weighted by atomic mass is 10.2. The zero-order valence-electron chi connectivity index (χ0n) is 10.3. The van der Waals surface area contributed by atoms with Crippen LogP contribution in [0.15, 0.2) is 47.4 Å². The highest BCUT2D eigenvalue weighted by atomic mass is 35.5. The Labute approximate surface area is 127 Å². The molecule has 0 bridgehead atoms. The van der Waals surface area contributed by atoms with E-state index in [0.717, 1.165) is 0 Å². The van der Waals surface area contributed by atoms with E-state index in [2.05, 4.69) is 4.72 Å². The average Bonchev–Trinajstić information content (AvgIpc) is 2.40. The van der Waals surface area contributed by atoms with Crippen molar-refractivity contribution >= 4 is 38.9 Å². The maximum Gasteiger partial charge on any atom is 0.242 e. The van der Waals surface area contributed by atoms with Gasteiger partial charge in [0.05, 0.1) is 5.02 Å². The van der Waals surface area contributed by atoms with Gasteiger partial charge in [0.15, 0.2) is 0 Å². The number of benzene rings is 2. The summed E-state index contributed by atoms with van der Waals surface area (Å²) in [6.45, 7) is 0.0812. The largest absolute Gasteiger partial charge is 0.398 e. The number of nitrogens with two attached hydrogens (primary N) is 1. The van der Waals surface area contributed by atoms with Gasteiger partial charge in [-0.3, -0.25) is 0 Å². The van der Waals surface area contributed by atoms with Crippen molar-refractivity contribution in [3.63, 3.8) is 0 Å². The third kappa shape index (κ3) is 3.43. The van der Waals surface area contributed by atoms with Crippen molar-refractivity contribution in [2.75, 3.05) is 5.73 Å². The number of hydrogen-bond donors (Lipinski definition) is 2. The molecule has 2 aromatic carbocycles. The summed E-state index contributed by atoms with van der Waals surface area (Å²) in [5, 5.41) is 0.414. The molecule has 0 spiro atoms. The molecule has 0 aliphatic carbocycles. The first-order valence-corrected chi connectivity index (χ1v) is 7.92. The van der Waals surface area contributed by atoms with Gasteiger partial charge >= 0.3 is 0 Å². The van der Waals surface area contributed by atoms with E-state index >= 15 is 0 Å². The molecule has 20 heavy (non-hydrogen) atoms. The van der Waals surface area contributed by atoms with E-state index in [-0.39, 0.29) is 16.5 Å². The molecule has 0 atom stereocenters. The monoisotopic (exact) mass is 330 g/mol. The second-order valence-electron chi connectivity index (χ2n) is 4.10. The Morgan fingerprint density at radius 2 is 1.80 bits per heavy atom. The van der Waals surface area contributed by atoms with Gasteiger partial charge < -0.3 is 5.73 Å². The van der Waals surface area contributed by atoms with Gasteiger partial charge in [0.2, 0.25) is 10.0 Å². The first kappa shape index (κ1) is 15.1. The van der Waals surface area contributed by atoms with E-state index < -0.39 is 10.0 Å². The first-order chi connectivity index (χ1) is 9.40. The van der Waals surface area contributed by atoms with Crippen molar-refractivity contribution in [3.8, 4) is 0 Å². The fraction of sp³-hybridized carbons (Fsp3) is 0.0769. The summed E-state index contributed by atoms with van der Waals surface area (Å²) in [4.78, 5) is -0.0545. The summed E-state index contributed by atoms with van der Waals surface area (Å²) >= 11 is 11.7. The Morgan fingerprint density at radius 3 is 2.50 bits per heavy atom. The summed E-state index contributed by atoms with van der Waals surface area (Å²) in [7, 11) is -3.75. The van der Waals surface area contributed by atoms with Crippen LogP contribution >= 0.6 is 23.2 Å². The molecule has 0 unspecified atom stereocenters. The SMILES string of the molecule is Nc1ccccc1CNS(=O)(=O)c1cc(Cl)ccc1Cl. The fourth-order valence-electron chi connectivity index (χ4n) is 1.63. The highest BCUT2D eigenvalue weighted by molar-refractivity contribution is 7.89. The maximum absolute atomic E-state index is 12.2. The highest BCUT2D eigenvalue weighted by Crippen LogP contribution is 2.25. The van der Waals surface area contributed by atoms with Crippen molar-refractivity contribution in [1.82, 2.24) is 4.72 Å². The summed E-state index contributed by atoms with van der Waals surface area (Å²) in [5.41, 5.74) is 6.97. The van der Waals surface area contributed by atoms with Crippen LogP contribution in [0.25, 0.3) is 0 Å². The van der Waals surface area contributed by atoms with E-state index in [1.54, 1.807) is 24.3 Å². The number of rotatable bonds is 4. The third-order valence-corrected chi connectivity index (χ3v) is 4.81. The Bertz CT molecular complexity index is 733. The third-order valence-electron chi connectivity index (χ3n) is 2.69. The second kappa shape index (κ2) is 6.01. The number of halogens is 2. The Morgan fingerprint density at radius 1 is 1.10 bits per heavy atom. The molecular weight excluding hydrogens is 319 g/mol. The molecule has 0 aliphatic rings. The van der Waals surface area contributed by atoms with Gasteiger partial charge in [-0.15, -0.1) is 0 Å². The van der Waals surface area contributed by atoms with Gasteiger partial charge in [-0.2, -0.15) is 0 Å². The smallest absolute Gasteiger partial charge is 0.242 e. The lowest BCUT2D eigenvalue weighted by molar-refractivity contribution is 0.581. The molecule has 106 valence electrons. The normalized spacial score (nSPS) is 11.5. The number of nitrogens with one attached hydrogen (secondary N) is 1. The molecule has 0 saturated heterocycles. The molecule has 0 fully saturated rings. The van der Waals surface area contributed by atoms with Gasteiger partial charge in [0.1, 0.15) is 4.90 Å². The number of anilines is 1. The topological polar surface area (TPSA) is 72.2 Å². The van der Waals surface area contributed by atoms with Gasteiger partial charge in [-0.25, -0.2) is 13.1 Å². The summed E-state index contributed by atoms with van der Waals surface area (Å²) in [6, 6.07) is 11.3. The molecule has 0 radical (unpaired) electrons. The summed E-state index contributed by atoms with van der Waals surface area (Å²) in [5.74, 6) is 0. The molecule has 2 aromatic rings. The van der Waals surface area contributed by atoms with Crippen molar-refractivity contribution in [1.29, 1.82) is 0 Å². The lowest BCUT2D eigenvalue weighted by Gasteiger charge is -2.10. The van der Waals surface area contributed by atoms with Crippen LogP contribution in [0.4, 0.5) is 5.69 Å². The van der Waals surface area contributed by atoms with Crippen molar-refractivity contribution in [3.05, 3.63) is 58.1 Å². The van der Waals surface area contributed by atoms with Crippen molar-refractivity contribution < 1.29 is 8.42 Å². The molecule has 2 rings (SSSR count). The van der Waals surface area contributed by atoms with Crippen LogP contribution in [-0.2, 0) is 16.6 Å². The van der Waals surface area contributed by atoms with E-state index in [0.29, 0.717) is 16.3 Å². The Hall–Kier alpha value is -1.27. The number of para-hydroxylation sites is 1. The number of sulfonamides is 1. The highest BCUT2D eigenvalue weighted by Gasteiger charge is 2.18. The van der Waals surface area contributed by atoms with Crippen LogP contribution in [0.5, 0.6) is 0 Å². The second-order valence-corrected chi connectivity index (χ2v) is 6.68. The van der Waals surface area contributed by atoms with Gasteiger partial charge in [-0.1, -0.05) is 41.4 Å². The van der Waals surface area contributed by atoms with Crippen LogP contribution in [-0.4, -0.2) is 8.42 Å². The maximum atomic E-state index is 12.2. The predicted molar refractivity (Wildman–Crippen MR) is 81.3 cm³/mol.